The summed E-state index contributed by atoms with van der Waals surface area (Å²) in [5.74, 6) is 1.10. The van der Waals surface area contributed by atoms with Crippen LogP contribution in [0.2, 0.25) is 0 Å². The highest BCUT2D eigenvalue weighted by Gasteiger charge is 2.23. The number of likely N-dealkylation sites (tertiary alicyclic amines) is 1. The number of hydrogen-bond donors (Lipinski definition) is 1. The monoisotopic (exact) mass is 436 g/mol. The Bertz CT molecular complexity index is 865. The Morgan fingerprint density at radius 2 is 1.72 bits per heavy atom. The highest BCUT2D eigenvalue weighted by atomic mass is 35.5. The molecule has 6 heteroatoms. The Labute approximate surface area is 182 Å². The van der Waals surface area contributed by atoms with Crippen molar-refractivity contribution in [3.05, 3.63) is 59.7 Å². The van der Waals surface area contributed by atoms with Crippen LogP contribution in [0.3, 0.4) is 0 Å². The van der Waals surface area contributed by atoms with Gasteiger partial charge in [0.15, 0.2) is 0 Å². The lowest BCUT2D eigenvalue weighted by molar-refractivity contribution is 0.335. The minimum Gasteiger partial charge on any atom is -0.303 e. The molecule has 0 bridgehead atoms. The maximum atomic E-state index is 12.7. The molecule has 3 rings (SSSR count). The second-order valence-corrected chi connectivity index (χ2v) is 9.94. The van der Waals surface area contributed by atoms with Gasteiger partial charge in [-0.25, -0.2) is 8.42 Å². The summed E-state index contributed by atoms with van der Waals surface area (Å²) < 4.78 is 28.1. The SMILES string of the molecule is CCCN1CC[C@@H](c2ccc(NS(=O)(=O)c3ccc(CC(C)C)cc3)cc2)C1.Cl. The zero-order valence-electron chi connectivity index (χ0n) is 17.6. The predicted molar refractivity (Wildman–Crippen MR) is 124 cm³/mol. The van der Waals surface area contributed by atoms with Crippen LogP contribution < -0.4 is 4.72 Å². The van der Waals surface area contributed by atoms with Gasteiger partial charge in [-0.05, 0) is 79.6 Å². The lowest BCUT2D eigenvalue weighted by Crippen LogP contribution is -2.20. The van der Waals surface area contributed by atoms with Crippen LogP contribution in [0.5, 0.6) is 0 Å². The van der Waals surface area contributed by atoms with Crippen molar-refractivity contribution in [1.29, 1.82) is 0 Å². The van der Waals surface area contributed by atoms with Crippen molar-refractivity contribution in [3.63, 3.8) is 0 Å². The van der Waals surface area contributed by atoms with Gasteiger partial charge in [0.1, 0.15) is 0 Å². The van der Waals surface area contributed by atoms with E-state index in [4.69, 9.17) is 0 Å². The van der Waals surface area contributed by atoms with Gasteiger partial charge < -0.3 is 4.90 Å². The fraction of sp³-hybridized carbons (Fsp3) is 0.478. The van der Waals surface area contributed by atoms with E-state index in [9.17, 15) is 8.42 Å². The Hall–Kier alpha value is -1.56. The molecule has 29 heavy (non-hydrogen) atoms. The summed E-state index contributed by atoms with van der Waals surface area (Å²) >= 11 is 0. The molecule has 1 heterocycles. The smallest absolute Gasteiger partial charge is 0.261 e. The van der Waals surface area contributed by atoms with Gasteiger partial charge in [0.05, 0.1) is 4.90 Å². The van der Waals surface area contributed by atoms with Gasteiger partial charge in [0.2, 0.25) is 0 Å². The van der Waals surface area contributed by atoms with Crippen molar-refractivity contribution in [1.82, 2.24) is 4.90 Å². The predicted octanol–water partition coefficient (Wildman–Crippen LogP) is 5.31. The molecule has 1 N–H and O–H groups in total. The quantitative estimate of drug-likeness (QED) is 0.610. The van der Waals surface area contributed by atoms with Crippen LogP contribution in [0, 0.1) is 5.92 Å². The first kappa shape index (κ1) is 23.7. The average molecular weight is 437 g/mol. The molecule has 1 fully saturated rings. The summed E-state index contributed by atoms with van der Waals surface area (Å²) in [6.07, 6.45) is 3.31. The molecule has 0 aromatic heterocycles. The number of benzene rings is 2. The molecule has 2 aromatic carbocycles. The Morgan fingerprint density at radius 3 is 2.31 bits per heavy atom. The van der Waals surface area contributed by atoms with E-state index in [0.29, 0.717) is 22.4 Å². The van der Waals surface area contributed by atoms with Crippen molar-refractivity contribution in [2.24, 2.45) is 5.92 Å². The number of sulfonamides is 1. The molecule has 4 nitrogen and oxygen atoms in total. The van der Waals surface area contributed by atoms with Gasteiger partial charge >= 0.3 is 0 Å². The molecule has 2 aromatic rings. The second kappa shape index (κ2) is 10.5. The van der Waals surface area contributed by atoms with Crippen LogP contribution in [0.1, 0.15) is 50.7 Å². The Morgan fingerprint density at radius 1 is 1.07 bits per heavy atom. The number of hydrogen-bond acceptors (Lipinski definition) is 3. The number of nitrogens with one attached hydrogen (secondary N) is 1. The standard InChI is InChI=1S/C23H32N2O2S.ClH/c1-4-14-25-15-13-21(17-25)20-7-9-22(10-8-20)24-28(26,27)23-11-5-19(6-12-23)16-18(2)3;/h5-12,18,21,24H,4,13-17H2,1-3H3;1H/t21-;/m1./s1. The minimum atomic E-state index is -3.56. The van der Waals surface area contributed by atoms with E-state index in [-0.39, 0.29) is 12.4 Å². The van der Waals surface area contributed by atoms with Gasteiger partial charge in [-0.1, -0.05) is 45.0 Å². The van der Waals surface area contributed by atoms with E-state index < -0.39 is 10.0 Å². The molecule has 0 spiro atoms. The van der Waals surface area contributed by atoms with Crippen LogP contribution in [0.15, 0.2) is 53.4 Å². The summed E-state index contributed by atoms with van der Waals surface area (Å²) in [6.45, 7) is 9.93. The topological polar surface area (TPSA) is 49.4 Å². The summed E-state index contributed by atoms with van der Waals surface area (Å²) in [7, 11) is -3.56. The van der Waals surface area contributed by atoms with Crippen molar-refractivity contribution in [3.8, 4) is 0 Å². The minimum absolute atomic E-state index is 0. The van der Waals surface area contributed by atoms with Crippen LogP contribution in [-0.2, 0) is 16.4 Å². The van der Waals surface area contributed by atoms with Crippen molar-refractivity contribution in [2.75, 3.05) is 24.4 Å². The highest BCUT2D eigenvalue weighted by molar-refractivity contribution is 7.92. The second-order valence-electron chi connectivity index (χ2n) is 8.26. The average Bonchev–Trinajstić information content (AvgIpc) is 3.11. The normalized spacial score (nSPS) is 17.3. The van der Waals surface area contributed by atoms with Gasteiger partial charge in [0.25, 0.3) is 10.0 Å². The zero-order chi connectivity index (χ0) is 20.1. The molecule has 1 aliphatic rings. The molecule has 1 aliphatic heterocycles. The molecule has 0 saturated carbocycles. The van der Waals surface area contributed by atoms with E-state index in [0.717, 1.165) is 31.6 Å². The van der Waals surface area contributed by atoms with Gasteiger partial charge in [-0.15, -0.1) is 12.4 Å². The van der Waals surface area contributed by atoms with Crippen molar-refractivity contribution < 1.29 is 8.42 Å². The van der Waals surface area contributed by atoms with E-state index in [2.05, 4.69) is 42.5 Å². The summed E-state index contributed by atoms with van der Waals surface area (Å²) in [6, 6.07) is 15.1. The lowest BCUT2D eigenvalue weighted by atomic mass is 9.98. The number of anilines is 1. The first-order chi connectivity index (χ1) is 13.4. The third-order valence-electron chi connectivity index (χ3n) is 5.32. The molecular weight excluding hydrogens is 404 g/mol. The van der Waals surface area contributed by atoms with Crippen LogP contribution in [0.25, 0.3) is 0 Å². The van der Waals surface area contributed by atoms with Gasteiger partial charge in [-0.2, -0.15) is 0 Å². The molecule has 0 aliphatic carbocycles. The number of rotatable bonds is 8. The molecule has 1 atom stereocenters. The van der Waals surface area contributed by atoms with Crippen molar-refractivity contribution in [2.45, 2.75) is 50.8 Å². The van der Waals surface area contributed by atoms with E-state index in [1.54, 1.807) is 12.1 Å². The molecule has 1 saturated heterocycles. The molecular formula is C23H33ClN2O2S. The largest absolute Gasteiger partial charge is 0.303 e. The third-order valence-corrected chi connectivity index (χ3v) is 6.72. The first-order valence-electron chi connectivity index (χ1n) is 10.3. The van der Waals surface area contributed by atoms with Crippen LogP contribution in [-0.4, -0.2) is 33.0 Å². The Kier molecular flexibility index (Phi) is 8.56. The van der Waals surface area contributed by atoms with Crippen LogP contribution >= 0.6 is 12.4 Å². The van der Waals surface area contributed by atoms with E-state index in [1.165, 1.54) is 18.4 Å². The molecule has 0 unspecified atom stereocenters. The summed E-state index contributed by atoms with van der Waals surface area (Å²) in [5, 5.41) is 0. The number of nitrogens with zero attached hydrogens (tertiary/aromatic N) is 1. The van der Waals surface area contributed by atoms with E-state index in [1.807, 2.05) is 24.3 Å². The third kappa shape index (κ3) is 6.46. The van der Waals surface area contributed by atoms with Crippen LogP contribution in [0.4, 0.5) is 5.69 Å². The highest BCUT2D eigenvalue weighted by Crippen LogP contribution is 2.28. The molecule has 0 amide bonds. The lowest BCUT2D eigenvalue weighted by Gasteiger charge is -2.15. The molecule has 160 valence electrons. The summed E-state index contributed by atoms with van der Waals surface area (Å²) in [4.78, 5) is 2.81. The fourth-order valence-electron chi connectivity index (χ4n) is 3.94. The maximum absolute atomic E-state index is 12.7. The first-order valence-corrected chi connectivity index (χ1v) is 11.8. The fourth-order valence-corrected chi connectivity index (χ4v) is 5.00. The summed E-state index contributed by atoms with van der Waals surface area (Å²) in [5.41, 5.74) is 3.06. The van der Waals surface area contributed by atoms with Crippen molar-refractivity contribution >= 4 is 28.1 Å². The van der Waals surface area contributed by atoms with Gasteiger partial charge in [0, 0.05) is 12.2 Å². The van der Waals surface area contributed by atoms with Gasteiger partial charge in [-0.3, -0.25) is 4.72 Å². The molecule has 0 radical (unpaired) electrons. The Balaban J connectivity index is 0.00000300. The zero-order valence-corrected chi connectivity index (χ0v) is 19.2. The number of halogens is 1. The maximum Gasteiger partial charge on any atom is 0.261 e. The van der Waals surface area contributed by atoms with E-state index >= 15 is 0 Å².